The fourth-order valence-corrected chi connectivity index (χ4v) is 2.71. The summed E-state index contributed by atoms with van der Waals surface area (Å²) in [5.74, 6) is -2.17. The molecule has 0 fully saturated rings. The topological polar surface area (TPSA) is 47.0 Å². The summed E-state index contributed by atoms with van der Waals surface area (Å²) < 4.78 is 26.2. The summed E-state index contributed by atoms with van der Waals surface area (Å²) in [7, 11) is 0. The van der Waals surface area contributed by atoms with Crippen molar-refractivity contribution in [2.75, 3.05) is 0 Å². The molecule has 1 heterocycles. The van der Waals surface area contributed by atoms with Gasteiger partial charge in [-0.2, -0.15) is 0 Å². The van der Waals surface area contributed by atoms with Crippen molar-refractivity contribution in [2.45, 2.75) is 12.3 Å². The Bertz CT molecular complexity index is 907. The third-order valence-corrected chi connectivity index (χ3v) is 4.11. The molecule has 0 N–H and O–H groups in total. The average molecular weight is 351 g/mol. The highest BCUT2D eigenvalue weighted by Gasteiger charge is 2.25. The minimum atomic E-state index is -0.735. The van der Waals surface area contributed by atoms with Gasteiger partial charge in [0.2, 0.25) is 0 Å². The second kappa shape index (κ2) is 7.78. The summed E-state index contributed by atoms with van der Waals surface area (Å²) >= 11 is 0. The van der Waals surface area contributed by atoms with Gasteiger partial charge >= 0.3 is 0 Å². The number of carbonyl (C=O) groups is 2. The van der Waals surface area contributed by atoms with Gasteiger partial charge in [0.25, 0.3) is 0 Å². The zero-order valence-corrected chi connectivity index (χ0v) is 13.7. The summed E-state index contributed by atoms with van der Waals surface area (Å²) in [5, 5.41) is 0. The Morgan fingerprint density at radius 1 is 0.769 bits per heavy atom. The Labute approximate surface area is 149 Å². The van der Waals surface area contributed by atoms with Gasteiger partial charge in [0.05, 0.1) is 5.92 Å². The fraction of sp³-hybridized carbons (Fsp3) is 0.0952. The van der Waals surface area contributed by atoms with Crippen LogP contribution in [0, 0.1) is 11.6 Å². The van der Waals surface area contributed by atoms with Crippen molar-refractivity contribution in [3.05, 3.63) is 101 Å². The Balaban J connectivity index is 1.91. The van der Waals surface area contributed by atoms with Crippen molar-refractivity contribution in [2.24, 2.45) is 0 Å². The Morgan fingerprint density at radius 2 is 1.27 bits per heavy atom. The molecule has 0 aliphatic carbocycles. The molecule has 1 aromatic heterocycles. The molecular formula is C21H15F2NO2. The lowest BCUT2D eigenvalue weighted by atomic mass is 9.86. The van der Waals surface area contributed by atoms with Crippen LogP contribution in [-0.4, -0.2) is 16.6 Å². The van der Waals surface area contributed by atoms with Gasteiger partial charge in [0, 0.05) is 29.9 Å². The van der Waals surface area contributed by atoms with Crippen LogP contribution in [0.5, 0.6) is 0 Å². The molecule has 0 spiro atoms. The van der Waals surface area contributed by atoms with Gasteiger partial charge in [0.1, 0.15) is 11.6 Å². The summed E-state index contributed by atoms with van der Waals surface area (Å²) in [6.07, 6.45) is 3.01. The molecule has 3 rings (SSSR count). The lowest BCUT2D eigenvalue weighted by Gasteiger charge is -2.16. The molecule has 0 bridgehead atoms. The molecule has 0 saturated heterocycles. The Kier molecular flexibility index (Phi) is 5.27. The van der Waals surface area contributed by atoms with Crippen molar-refractivity contribution >= 4 is 11.6 Å². The van der Waals surface area contributed by atoms with Crippen molar-refractivity contribution in [1.29, 1.82) is 0 Å². The van der Waals surface area contributed by atoms with Gasteiger partial charge in [-0.3, -0.25) is 14.6 Å². The van der Waals surface area contributed by atoms with Gasteiger partial charge in [-0.1, -0.05) is 0 Å². The number of carbonyl (C=O) groups excluding carboxylic acids is 2. The Morgan fingerprint density at radius 3 is 1.81 bits per heavy atom. The van der Waals surface area contributed by atoms with Crippen molar-refractivity contribution < 1.29 is 18.4 Å². The van der Waals surface area contributed by atoms with Crippen LogP contribution in [0.1, 0.15) is 38.6 Å². The molecule has 0 saturated carbocycles. The average Bonchev–Trinajstić information content (AvgIpc) is 2.67. The van der Waals surface area contributed by atoms with Crippen LogP contribution in [0.3, 0.4) is 0 Å². The number of Topliss-reactive ketones (excluding diaryl/α,β-unsaturated/α-hetero) is 2. The maximum absolute atomic E-state index is 13.1. The lowest BCUT2D eigenvalue weighted by Crippen LogP contribution is -2.17. The number of benzene rings is 2. The number of ketones is 2. The maximum atomic E-state index is 13.1. The molecule has 0 amide bonds. The van der Waals surface area contributed by atoms with Gasteiger partial charge in [-0.15, -0.1) is 0 Å². The maximum Gasteiger partial charge on any atom is 0.170 e. The number of hydrogen-bond acceptors (Lipinski definition) is 3. The molecule has 3 aromatic rings. The predicted molar refractivity (Wildman–Crippen MR) is 93.1 cm³/mol. The van der Waals surface area contributed by atoms with Crippen LogP contribution in [-0.2, 0) is 0 Å². The summed E-state index contributed by atoms with van der Waals surface area (Å²) in [6.45, 7) is 0. The highest BCUT2D eigenvalue weighted by atomic mass is 19.1. The van der Waals surface area contributed by atoms with Crippen molar-refractivity contribution in [1.82, 2.24) is 4.98 Å². The molecule has 2 aromatic carbocycles. The molecule has 0 radical (unpaired) electrons. The molecule has 3 nitrogen and oxygen atoms in total. The minimum absolute atomic E-state index is 0.0775. The third-order valence-electron chi connectivity index (χ3n) is 4.11. The van der Waals surface area contributed by atoms with Crippen LogP contribution in [0.25, 0.3) is 0 Å². The van der Waals surface area contributed by atoms with Crippen LogP contribution in [0.2, 0.25) is 0 Å². The highest BCUT2D eigenvalue weighted by Crippen LogP contribution is 2.26. The van der Waals surface area contributed by atoms with E-state index in [9.17, 15) is 18.4 Å². The fourth-order valence-electron chi connectivity index (χ4n) is 2.71. The smallest absolute Gasteiger partial charge is 0.170 e. The first-order valence-electron chi connectivity index (χ1n) is 8.03. The first-order chi connectivity index (χ1) is 12.5. The zero-order chi connectivity index (χ0) is 18.5. The van der Waals surface area contributed by atoms with Crippen LogP contribution >= 0.6 is 0 Å². The third kappa shape index (κ3) is 4.06. The SMILES string of the molecule is O=C(CC(C(=O)c1ccc(F)cc1)c1ccncc1)c1ccc(F)cc1. The first-order valence-corrected chi connectivity index (χ1v) is 8.03. The largest absolute Gasteiger partial charge is 0.294 e. The van der Waals surface area contributed by atoms with E-state index in [0.717, 1.165) is 0 Å². The van der Waals surface area contributed by atoms with E-state index in [0.29, 0.717) is 16.7 Å². The van der Waals surface area contributed by atoms with E-state index in [4.69, 9.17) is 0 Å². The van der Waals surface area contributed by atoms with Crippen molar-refractivity contribution in [3.8, 4) is 0 Å². The molecule has 130 valence electrons. The molecule has 1 unspecified atom stereocenters. The Hall–Kier alpha value is -3.21. The van der Waals surface area contributed by atoms with E-state index in [1.54, 1.807) is 24.5 Å². The first kappa shape index (κ1) is 17.6. The highest BCUT2D eigenvalue weighted by molar-refractivity contribution is 6.06. The quantitative estimate of drug-likeness (QED) is 0.610. The normalized spacial score (nSPS) is 11.8. The minimum Gasteiger partial charge on any atom is -0.294 e. The van der Waals surface area contributed by atoms with E-state index in [1.807, 2.05) is 0 Å². The van der Waals surface area contributed by atoms with Crippen LogP contribution in [0.15, 0.2) is 73.1 Å². The lowest BCUT2D eigenvalue weighted by molar-refractivity contribution is 0.0893. The van der Waals surface area contributed by atoms with Crippen molar-refractivity contribution in [3.63, 3.8) is 0 Å². The van der Waals surface area contributed by atoms with E-state index < -0.39 is 17.6 Å². The van der Waals surface area contributed by atoms with E-state index in [-0.39, 0.29) is 18.0 Å². The summed E-state index contributed by atoms with van der Waals surface area (Å²) in [6, 6.07) is 13.7. The molecule has 1 atom stereocenters. The number of pyridine rings is 1. The number of halogens is 2. The molecule has 5 heteroatoms. The number of aromatic nitrogens is 1. The van der Waals surface area contributed by atoms with E-state index in [2.05, 4.69) is 4.98 Å². The van der Waals surface area contributed by atoms with Gasteiger partial charge in [-0.05, 0) is 66.2 Å². The number of rotatable bonds is 6. The van der Waals surface area contributed by atoms with Gasteiger partial charge < -0.3 is 0 Å². The van der Waals surface area contributed by atoms with Gasteiger partial charge in [0.15, 0.2) is 11.6 Å². The van der Waals surface area contributed by atoms with E-state index in [1.165, 1.54) is 48.5 Å². The summed E-state index contributed by atoms with van der Waals surface area (Å²) in [4.78, 5) is 29.4. The van der Waals surface area contributed by atoms with Gasteiger partial charge in [-0.25, -0.2) is 8.78 Å². The second-order valence-electron chi connectivity index (χ2n) is 5.84. The molecular weight excluding hydrogens is 336 g/mol. The second-order valence-corrected chi connectivity index (χ2v) is 5.84. The molecule has 0 aliphatic rings. The number of nitrogens with zero attached hydrogens (tertiary/aromatic N) is 1. The standard InChI is InChI=1S/C21H15F2NO2/c22-17-5-1-15(2-6-17)20(25)13-19(14-9-11-24-12-10-14)21(26)16-3-7-18(23)8-4-16/h1-12,19H,13H2. The molecule has 0 aliphatic heterocycles. The number of hydrogen-bond donors (Lipinski definition) is 0. The van der Waals surface area contributed by atoms with Crippen LogP contribution in [0.4, 0.5) is 8.78 Å². The zero-order valence-electron chi connectivity index (χ0n) is 13.7. The molecule has 26 heavy (non-hydrogen) atoms. The summed E-state index contributed by atoms with van der Waals surface area (Å²) in [5.41, 5.74) is 1.29. The van der Waals surface area contributed by atoms with Crippen LogP contribution < -0.4 is 0 Å². The van der Waals surface area contributed by atoms with E-state index >= 15 is 0 Å². The monoisotopic (exact) mass is 351 g/mol. The predicted octanol–water partition coefficient (Wildman–Crippen LogP) is 4.60.